The van der Waals surface area contributed by atoms with Crippen LogP contribution in [0.25, 0.3) is 0 Å². The molecule has 0 aliphatic rings. The lowest BCUT2D eigenvalue weighted by Gasteiger charge is -2.02. The third-order valence-electron chi connectivity index (χ3n) is 2.22. The van der Waals surface area contributed by atoms with Gasteiger partial charge < -0.3 is 0 Å². The normalized spacial score (nSPS) is 10.8. The predicted octanol–water partition coefficient (Wildman–Crippen LogP) is 3.97. The first-order chi connectivity index (χ1) is 8.19. The van der Waals surface area contributed by atoms with E-state index in [1.54, 1.807) is 17.8 Å². The SMILES string of the molecule is CCc1nc(SCc2ccc(Cl)cc2Cl)n[nH]1. The van der Waals surface area contributed by atoms with E-state index in [1.165, 1.54) is 0 Å². The van der Waals surface area contributed by atoms with Crippen molar-refractivity contribution in [2.24, 2.45) is 0 Å². The fourth-order valence-corrected chi connectivity index (χ4v) is 2.66. The van der Waals surface area contributed by atoms with Gasteiger partial charge in [-0.15, -0.1) is 5.10 Å². The van der Waals surface area contributed by atoms with Gasteiger partial charge in [-0.25, -0.2) is 4.98 Å². The minimum Gasteiger partial charge on any atom is -0.262 e. The Morgan fingerprint density at radius 3 is 2.82 bits per heavy atom. The Hall–Kier alpha value is -0.710. The molecular weight excluding hydrogens is 277 g/mol. The summed E-state index contributed by atoms with van der Waals surface area (Å²) in [6.07, 6.45) is 0.856. The van der Waals surface area contributed by atoms with Crippen molar-refractivity contribution in [2.75, 3.05) is 0 Å². The van der Waals surface area contributed by atoms with Crippen LogP contribution in [0.15, 0.2) is 23.4 Å². The topological polar surface area (TPSA) is 41.6 Å². The Morgan fingerprint density at radius 1 is 1.35 bits per heavy atom. The average Bonchev–Trinajstić information content (AvgIpc) is 2.76. The van der Waals surface area contributed by atoms with Gasteiger partial charge in [-0.1, -0.05) is 48.0 Å². The molecule has 0 spiro atoms. The fraction of sp³-hybridized carbons (Fsp3) is 0.273. The largest absolute Gasteiger partial charge is 0.262 e. The number of thioether (sulfide) groups is 1. The van der Waals surface area contributed by atoms with Gasteiger partial charge in [0.1, 0.15) is 5.82 Å². The highest BCUT2D eigenvalue weighted by Gasteiger charge is 2.05. The minimum absolute atomic E-state index is 0.648. The number of hydrogen-bond acceptors (Lipinski definition) is 3. The quantitative estimate of drug-likeness (QED) is 0.866. The Labute approximate surface area is 114 Å². The van der Waals surface area contributed by atoms with Gasteiger partial charge in [-0.05, 0) is 17.7 Å². The number of nitrogens with one attached hydrogen (secondary N) is 1. The van der Waals surface area contributed by atoms with Crippen LogP contribution in [-0.4, -0.2) is 15.2 Å². The second kappa shape index (κ2) is 5.76. The standard InChI is InChI=1S/C11H11Cl2N3S/c1-2-10-14-11(16-15-10)17-6-7-3-4-8(12)5-9(7)13/h3-5H,2,6H2,1H3,(H,14,15,16). The molecule has 2 rings (SSSR count). The van der Waals surface area contributed by atoms with Crippen molar-refractivity contribution in [3.05, 3.63) is 39.6 Å². The van der Waals surface area contributed by atoms with Crippen molar-refractivity contribution < 1.29 is 0 Å². The first-order valence-electron chi connectivity index (χ1n) is 5.17. The summed E-state index contributed by atoms with van der Waals surface area (Å²) in [4.78, 5) is 4.32. The third kappa shape index (κ3) is 3.37. The molecule has 1 aromatic carbocycles. The smallest absolute Gasteiger partial charge is 0.208 e. The molecule has 0 aliphatic heterocycles. The van der Waals surface area contributed by atoms with Crippen LogP contribution in [0.4, 0.5) is 0 Å². The Morgan fingerprint density at radius 2 is 2.18 bits per heavy atom. The van der Waals surface area contributed by atoms with Crippen LogP contribution >= 0.6 is 35.0 Å². The molecule has 1 N–H and O–H groups in total. The lowest BCUT2D eigenvalue weighted by molar-refractivity contribution is 0.941. The summed E-state index contributed by atoms with van der Waals surface area (Å²) in [5, 5.41) is 9.05. The van der Waals surface area contributed by atoms with Gasteiger partial charge in [0.25, 0.3) is 0 Å². The molecule has 0 radical (unpaired) electrons. The van der Waals surface area contributed by atoms with E-state index in [0.29, 0.717) is 10.0 Å². The fourth-order valence-electron chi connectivity index (χ4n) is 1.28. The van der Waals surface area contributed by atoms with Crippen LogP contribution in [0.5, 0.6) is 0 Å². The van der Waals surface area contributed by atoms with Crippen molar-refractivity contribution >= 4 is 35.0 Å². The first kappa shape index (κ1) is 12.7. The Balaban J connectivity index is 2.02. The molecule has 1 aromatic heterocycles. The summed E-state index contributed by atoms with van der Waals surface area (Å²) in [5.74, 6) is 1.63. The van der Waals surface area contributed by atoms with E-state index < -0.39 is 0 Å². The number of aryl methyl sites for hydroxylation is 1. The molecular formula is C11H11Cl2N3S. The van der Waals surface area contributed by atoms with Crippen molar-refractivity contribution in [2.45, 2.75) is 24.3 Å². The molecule has 0 unspecified atom stereocenters. The second-order valence-electron chi connectivity index (χ2n) is 3.44. The maximum atomic E-state index is 6.08. The predicted molar refractivity (Wildman–Crippen MR) is 71.8 cm³/mol. The van der Waals surface area contributed by atoms with Crippen LogP contribution in [0.2, 0.25) is 10.0 Å². The van der Waals surface area contributed by atoms with E-state index in [4.69, 9.17) is 23.2 Å². The van der Waals surface area contributed by atoms with E-state index in [0.717, 1.165) is 28.7 Å². The van der Waals surface area contributed by atoms with E-state index in [-0.39, 0.29) is 0 Å². The van der Waals surface area contributed by atoms with E-state index in [1.807, 2.05) is 19.1 Å². The molecule has 3 nitrogen and oxygen atoms in total. The zero-order valence-electron chi connectivity index (χ0n) is 9.20. The summed E-state index contributed by atoms with van der Waals surface area (Å²) in [6, 6.07) is 5.50. The van der Waals surface area contributed by atoms with Crippen LogP contribution in [0.1, 0.15) is 18.3 Å². The van der Waals surface area contributed by atoms with Gasteiger partial charge in [0, 0.05) is 22.2 Å². The second-order valence-corrected chi connectivity index (χ2v) is 5.23. The molecule has 0 atom stereocenters. The average molecular weight is 288 g/mol. The van der Waals surface area contributed by atoms with Crippen molar-refractivity contribution in [1.29, 1.82) is 0 Å². The number of halogens is 2. The number of H-pyrrole nitrogens is 1. The minimum atomic E-state index is 0.648. The molecule has 2 aromatic rings. The van der Waals surface area contributed by atoms with Gasteiger partial charge in [-0.3, -0.25) is 5.10 Å². The molecule has 0 saturated carbocycles. The third-order valence-corrected chi connectivity index (χ3v) is 3.70. The van der Waals surface area contributed by atoms with E-state index in [9.17, 15) is 0 Å². The molecule has 1 heterocycles. The lowest BCUT2D eigenvalue weighted by atomic mass is 10.2. The highest BCUT2D eigenvalue weighted by atomic mass is 35.5. The molecule has 6 heteroatoms. The van der Waals surface area contributed by atoms with Crippen LogP contribution in [0.3, 0.4) is 0 Å². The number of nitrogens with zero attached hydrogens (tertiary/aromatic N) is 2. The summed E-state index contributed by atoms with van der Waals surface area (Å²) < 4.78 is 0. The first-order valence-corrected chi connectivity index (χ1v) is 6.91. The van der Waals surface area contributed by atoms with Gasteiger partial charge >= 0.3 is 0 Å². The van der Waals surface area contributed by atoms with E-state index >= 15 is 0 Å². The maximum Gasteiger partial charge on any atom is 0.208 e. The summed E-state index contributed by atoms with van der Waals surface area (Å²) >= 11 is 13.5. The molecule has 0 saturated heterocycles. The Bertz CT molecular complexity index is 513. The van der Waals surface area contributed by atoms with Gasteiger partial charge in [0.15, 0.2) is 0 Å². The number of benzene rings is 1. The van der Waals surface area contributed by atoms with Crippen LogP contribution in [0, 0.1) is 0 Å². The van der Waals surface area contributed by atoms with E-state index in [2.05, 4.69) is 15.2 Å². The number of rotatable bonds is 4. The molecule has 0 amide bonds. The highest BCUT2D eigenvalue weighted by molar-refractivity contribution is 7.98. The maximum absolute atomic E-state index is 6.08. The number of aromatic nitrogens is 3. The number of hydrogen-bond donors (Lipinski definition) is 1. The molecule has 0 bridgehead atoms. The van der Waals surface area contributed by atoms with Crippen LogP contribution in [-0.2, 0) is 12.2 Å². The Kier molecular flexibility index (Phi) is 4.31. The van der Waals surface area contributed by atoms with Crippen molar-refractivity contribution in [3.8, 4) is 0 Å². The highest BCUT2D eigenvalue weighted by Crippen LogP contribution is 2.26. The monoisotopic (exact) mass is 287 g/mol. The molecule has 0 aliphatic carbocycles. The summed E-state index contributed by atoms with van der Waals surface area (Å²) in [7, 11) is 0. The zero-order valence-corrected chi connectivity index (χ0v) is 11.5. The molecule has 90 valence electrons. The summed E-state index contributed by atoms with van der Waals surface area (Å²) in [6.45, 7) is 2.03. The molecule has 17 heavy (non-hydrogen) atoms. The van der Waals surface area contributed by atoms with Gasteiger partial charge in [0.05, 0.1) is 0 Å². The van der Waals surface area contributed by atoms with Crippen molar-refractivity contribution in [1.82, 2.24) is 15.2 Å². The lowest BCUT2D eigenvalue weighted by Crippen LogP contribution is -1.84. The van der Waals surface area contributed by atoms with Crippen LogP contribution < -0.4 is 0 Å². The van der Waals surface area contributed by atoms with Crippen molar-refractivity contribution in [3.63, 3.8) is 0 Å². The van der Waals surface area contributed by atoms with Gasteiger partial charge in [-0.2, -0.15) is 0 Å². The molecule has 0 fully saturated rings. The van der Waals surface area contributed by atoms with Gasteiger partial charge in [0.2, 0.25) is 5.16 Å². The zero-order chi connectivity index (χ0) is 12.3. The number of aromatic amines is 1. The summed E-state index contributed by atoms with van der Waals surface area (Å²) in [5.41, 5.74) is 1.03.